The zero-order valence-electron chi connectivity index (χ0n) is 21.7. The number of hydrazine groups is 1. The van der Waals surface area contributed by atoms with Gasteiger partial charge in [-0.15, -0.1) is 0 Å². The lowest BCUT2D eigenvalue weighted by molar-refractivity contribution is -0.117. The second-order valence-corrected chi connectivity index (χ2v) is 10.2. The van der Waals surface area contributed by atoms with Gasteiger partial charge in [0.15, 0.2) is 5.82 Å². The van der Waals surface area contributed by atoms with Crippen LogP contribution in [0.3, 0.4) is 0 Å². The second-order valence-electron chi connectivity index (χ2n) is 10.2. The topological polar surface area (TPSA) is 135 Å². The van der Waals surface area contributed by atoms with E-state index in [2.05, 4.69) is 65.4 Å². The number of hydrogen-bond donors (Lipinski definition) is 5. The molecule has 2 aromatic heterocycles. The molecule has 0 radical (unpaired) electrons. The Morgan fingerprint density at radius 2 is 2.05 bits per heavy atom. The summed E-state index contributed by atoms with van der Waals surface area (Å²) in [5.41, 5.74) is 6.67. The molecule has 5 N–H and O–H groups in total. The molecule has 2 aromatic rings. The molecule has 2 unspecified atom stereocenters. The fourth-order valence-corrected chi connectivity index (χ4v) is 4.93. The van der Waals surface area contributed by atoms with Crippen molar-refractivity contribution in [1.29, 1.82) is 0 Å². The minimum Gasteiger partial charge on any atom is -0.382 e. The van der Waals surface area contributed by atoms with Crippen molar-refractivity contribution < 1.29 is 4.79 Å². The molecule has 12 heteroatoms. The first-order valence-corrected chi connectivity index (χ1v) is 12.7. The summed E-state index contributed by atoms with van der Waals surface area (Å²) in [7, 11) is 1.90. The highest BCUT2D eigenvalue weighted by molar-refractivity contribution is 5.96. The molecule has 1 fully saturated rings. The van der Waals surface area contributed by atoms with E-state index in [9.17, 15) is 4.79 Å². The summed E-state index contributed by atoms with van der Waals surface area (Å²) >= 11 is 0. The van der Waals surface area contributed by atoms with Gasteiger partial charge in [0.05, 0.1) is 35.3 Å². The summed E-state index contributed by atoms with van der Waals surface area (Å²) in [6.45, 7) is 9.15. The van der Waals surface area contributed by atoms with Crippen molar-refractivity contribution in [2.24, 2.45) is 0 Å². The number of carbonyl (C=O) groups excluding carboxylic acids is 1. The standard InChI is InChI=1S/C25H35N11O/c1-16-20(10-17(11-29-16)23(37)28-7-9-36-8-5-6-25(36,2)3)32-21-19-14-30-24(33-22(19)35(4)34-21)31-18-12-26-15-27-13-18/h10-16,21,29,32,34H,5-9H2,1-4H3,(H,28,37)(H,30,31,33). The maximum atomic E-state index is 12.9. The molecule has 3 aliphatic rings. The molecule has 0 aliphatic carbocycles. The molecule has 5 heterocycles. The van der Waals surface area contributed by atoms with Gasteiger partial charge in [0, 0.05) is 43.8 Å². The van der Waals surface area contributed by atoms with Crippen molar-refractivity contribution in [2.45, 2.75) is 51.4 Å². The molecule has 0 saturated carbocycles. The third-order valence-corrected chi connectivity index (χ3v) is 7.14. The van der Waals surface area contributed by atoms with Crippen LogP contribution >= 0.6 is 0 Å². The number of aromatic nitrogens is 4. The zero-order valence-corrected chi connectivity index (χ0v) is 21.7. The van der Waals surface area contributed by atoms with Gasteiger partial charge in [-0.05, 0) is 46.2 Å². The van der Waals surface area contributed by atoms with Gasteiger partial charge in [0.1, 0.15) is 12.5 Å². The summed E-state index contributed by atoms with van der Waals surface area (Å²) in [5.74, 6) is 1.12. The van der Waals surface area contributed by atoms with E-state index in [1.54, 1.807) is 24.8 Å². The first kappa shape index (κ1) is 24.9. The van der Waals surface area contributed by atoms with Crippen LogP contribution in [0.1, 0.15) is 45.3 Å². The van der Waals surface area contributed by atoms with E-state index in [0.717, 1.165) is 30.2 Å². The second kappa shape index (κ2) is 10.3. The molecule has 2 atom stereocenters. The Kier molecular flexibility index (Phi) is 6.94. The normalized spacial score (nSPS) is 22.5. The number of likely N-dealkylation sites (tertiary alicyclic amines) is 1. The third-order valence-electron chi connectivity index (χ3n) is 7.14. The lowest BCUT2D eigenvalue weighted by Gasteiger charge is -2.31. The van der Waals surface area contributed by atoms with Gasteiger partial charge in [0.25, 0.3) is 5.91 Å². The van der Waals surface area contributed by atoms with Crippen molar-refractivity contribution in [3.05, 3.63) is 54.0 Å². The Hall–Kier alpha value is -3.77. The summed E-state index contributed by atoms with van der Waals surface area (Å²) in [6, 6.07) is 0.0121. The average molecular weight is 506 g/mol. The first-order chi connectivity index (χ1) is 17.8. The Balaban J connectivity index is 1.22. The molecule has 5 rings (SSSR count). The van der Waals surface area contributed by atoms with Gasteiger partial charge in [-0.3, -0.25) is 14.7 Å². The van der Waals surface area contributed by atoms with E-state index in [0.29, 0.717) is 23.8 Å². The molecule has 0 bridgehead atoms. The molecular formula is C25H35N11O. The number of nitrogens with zero attached hydrogens (tertiary/aromatic N) is 6. The van der Waals surface area contributed by atoms with E-state index in [-0.39, 0.29) is 23.7 Å². The molecule has 0 spiro atoms. The number of nitrogens with one attached hydrogen (secondary N) is 5. The van der Waals surface area contributed by atoms with Gasteiger partial charge in [-0.2, -0.15) is 4.98 Å². The van der Waals surface area contributed by atoms with Crippen molar-refractivity contribution >= 4 is 23.4 Å². The highest BCUT2D eigenvalue weighted by Gasteiger charge is 2.32. The zero-order chi connectivity index (χ0) is 26.0. The number of anilines is 3. The predicted molar refractivity (Wildman–Crippen MR) is 141 cm³/mol. The molecule has 1 saturated heterocycles. The first-order valence-electron chi connectivity index (χ1n) is 12.7. The van der Waals surface area contributed by atoms with Crippen LogP contribution in [0, 0.1) is 0 Å². The lowest BCUT2D eigenvalue weighted by atomic mass is 10.0. The number of rotatable bonds is 8. The third kappa shape index (κ3) is 5.49. The van der Waals surface area contributed by atoms with Crippen LogP contribution in [0.5, 0.6) is 0 Å². The van der Waals surface area contributed by atoms with Crippen molar-refractivity contribution in [1.82, 2.24) is 46.2 Å². The molecular weight excluding hydrogens is 470 g/mol. The molecule has 12 nitrogen and oxygen atoms in total. The maximum Gasteiger partial charge on any atom is 0.252 e. The number of carbonyl (C=O) groups is 1. The summed E-state index contributed by atoms with van der Waals surface area (Å²) in [4.78, 5) is 32.4. The van der Waals surface area contributed by atoms with Crippen LogP contribution in [0.15, 0.2) is 48.5 Å². The van der Waals surface area contributed by atoms with E-state index in [1.807, 2.05) is 25.1 Å². The van der Waals surface area contributed by atoms with E-state index >= 15 is 0 Å². The van der Waals surface area contributed by atoms with Gasteiger partial charge in [-0.25, -0.2) is 20.4 Å². The quantitative estimate of drug-likeness (QED) is 0.355. The molecule has 37 heavy (non-hydrogen) atoms. The number of dihydropyridines is 1. The minimum absolute atomic E-state index is 0.0121. The highest BCUT2D eigenvalue weighted by Crippen LogP contribution is 2.30. The maximum absolute atomic E-state index is 12.9. The Bertz CT molecular complexity index is 1200. The van der Waals surface area contributed by atoms with E-state index < -0.39 is 0 Å². The van der Waals surface area contributed by atoms with Gasteiger partial charge in [-0.1, -0.05) is 0 Å². The highest BCUT2D eigenvalue weighted by atomic mass is 16.1. The lowest BCUT2D eigenvalue weighted by Crippen LogP contribution is -2.44. The van der Waals surface area contributed by atoms with Gasteiger partial charge in [0.2, 0.25) is 5.95 Å². The smallest absolute Gasteiger partial charge is 0.252 e. The number of amides is 1. The van der Waals surface area contributed by atoms with Crippen LogP contribution in [-0.2, 0) is 4.79 Å². The van der Waals surface area contributed by atoms with Crippen molar-refractivity contribution in [3.8, 4) is 0 Å². The fourth-order valence-electron chi connectivity index (χ4n) is 4.93. The summed E-state index contributed by atoms with van der Waals surface area (Å²) < 4.78 is 0. The van der Waals surface area contributed by atoms with Crippen LogP contribution < -0.4 is 31.7 Å². The summed E-state index contributed by atoms with van der Waals surface area (Å²) in [5, 5.41) is 14.9. The fraction of sp³-hybridized carbons (Fsp3) is 0.480. The predicted octanol–water partition coefficient (Wildman–Crippen LogP) is 1.30. The van der Waals surface area contributed by atoms with Crippen LogP contribution in [0.4, 0.5) is 17.5 Å². The molecule has 0 aromatic carbocycles. The molecule has 3 aliphatic heterocycles. The van der Waals surface area contributed by atoms with Crippen LogP contribution in [0.25, 0.3) is 0 Å². The minimum atomic E-state index is -0.246. The Labute approximate surface area is 217 Å². The van der Waals surface area contributed by atoms with Gasteiger partial charge >= 0.3 is 0 Å². The Morgan fingerprint density at radius 3 is 2.81 bits per heavy atom. The van der Waals surface area contributed by atoms with Crippen LogP contribution in [-0.4, -0.2) is 69.0 Å². The number of hydrogen-bond acceptors (Lipinski definition) is 11. The molecule has 196 valence electrons. The van der Waals surface area contributed by atoms with E-state index in [4.69, 9.17) is 0 Å². The number of fused-ring (bicyclic) bond motifs is 1. The van der Waals surface area contributed by atoms with Crippen LogP contribution in [0.2, 0.25) is 0 Å². The largest absolute Gasteiger partial charge is 0.382 e. The monoisotopic (exact) mass is 505 g/mol. The van der Waals surface area contributed by atoms with Crippen molar-refractivity contribution in [2.75, 3.05) is 37.0 Å². The van der Waals surface area contributed by atoms with Crippen molar-refractivity contribution in [3.63, 3.8) is 0 Å². The SMILES string of the molecule is CC1NC=C(C(=O)NCCN2CCCC2(C)C)C=C1NC1NN(C)c2nc(Nc3cncnc3)ncc21. The average Bonchev–Trinajstić information content (AvgIpc) is 3.38. The van der Waals surface area contributed by atoms with E-state index in [1.165, 1.54) is 19.2 Å². The summed E-state index contributed by atoms with van der Waals surface area (Å²) in [6.07, 6.45) is 12.4. The molecule has 1 amide bonds. The Morgan fingerprint density at radius 1 is 1.24 bits per heavy atom. The van der Waals surface area contributed by atoms with Gasteiger partial charge < -0.3 is 21.3 Å².